The number of nitrogens with zero attached hydrogens (tertiary/aromatic N) is 2. The van der Waals surface area contributed by atoms with E-state index in [4.69, 9.17) is 9.47 Å². The molecule has 1 aromatic carbocycles. The molecule has 6 heteroatoms. The molecule has 1 amide bonds. The van der Waals surface area contributed by atoms with Gasteiger partial charge in [-0.15, -0.1) is 6.58 Å². The third kappa shape index (κ3) is 5.83. The van der Waals surface area contributed by atoms with Gasteiger partial charge in [-0.1, -0.05) is 17.8 Å². The summed E-state index contributed by atoms with van der Waals surface area (Å²) in [6.07, 6.45) is 3.48. The maximum absolute atomic E-state index is 12.3. The first kappa shape index (κ1) is 18.8. The predicted molar refractivity (Wildman–Crippen MR) is 97.4 cm³/mol. The molecule has 23 heavy (non-hydrogen) atoms. The number of likely N-dealkylation sites (N-methyl/N-ethyl adjacent to an activating group) is 1. The van der Waals surface area contributed by atoms with Gasteiger partial charge in [0.1, 0.15) is 11.5 Å². The molecule has 0 aliphatic rings. The van der Waals surface area contributed by atoms with Gasteiger partial charge in [0.05, 0.1) is 31.2 Å². The van der Waals surface area contributed by atoms with Crippen molar-refractivity contribution in [3.05, 3.63) is 41.3 Å². The summed E-state index contributed by atoms with van der Waals surface area (Å²) < 4.78 is 10.5. The summed E-state index contributed by atoms with van der Waals surface area (Å²) in [4.78, 5) is 18.5. The van der Waals surface area contributed by atoms with Crippen LogP contribution in [0.3, 0.4) is 0 Å². The number of hydrogen-bond acceptors (Lipinski definition) is 5. The van der Waals surface area contributed by atoms with Crippen molar-refractivity contribution in [3.63, 3.8) is 0 Å². The van der Waals surface area contributed by atoms with Crippen LogP contribution in [0.25, 0.3) is 6.08 Å². The average Bonchev–Trinajstić information content (AvgIpc) is 2.56. The molecule has 0 aromatic heterocycles. The van der Waals surface area contributed by atoms with Gasteiger partial charge in [-0.2, -0.15) is 0 Å². The molecule has 0 heterocycles. The smallest absolute Gasteiger partial charge is 0.260 e. The highest BCUT2D eigenvalue weighted by atomic mass is 32.2. The Morgan fingerprint density at radius 3 is 2.65 bits per heavy atom. The lowest BCUT2D eigenvalue weighted by molar-refractivity contribution is -0.123. The van der Waals surface area contributed by atoms with E-state index in [2.05, 4.69) is 11.6 Å². The third-order valence-electron chi connectivity index (χ3n) is 2.83. The highest BCUT2D eigenvalue weighted by Gasteiger charge is 2.13. The zero-order chi connectivity index (χ0) is 17.2. The van der Waals surface area contributed by atoms with Gasteiger partial charge < -0.3 is 14.4 Å². The Morgan fingerprint density at radius 2 is 2.09 bits per heavy atom. The van der Waals surface area contributed by atoms with Crippen LogP contribution in [0.15, 0.2) is 40.8 Å². The Labute approximate surface area is 141 Å². The van der Waals surface area contributed by atoms with Crippen LogP contribution in [0.5, 0.6) is 11.5 Å². The molecule has 0 spiro atoms. The van der Waals surface area contributed by atoms with Crippen molar-refractivity contribution in [2.24, 2.45) is 4.99 Å². The number of methoxy groups -OCH3 is 2. The van der Waals surface area contributed by atoms with E-state index in [0.29, 0.717) is 22.9 Å². The summed E-state index contributed by atoms with van der Waals surface area (Å²) in [6, 6.07) is 5.45. The lowest BCUT2D eigenvalue weighted by Gasteiger charge is -2.13. The summed E-state index contributed by atoms with van der Waals surface area (Å²) in [6.45, 7) is 4.12. The number of aliphatic imine (C=N–C) groups is 1. The van der Waals surface area contributed by atoms with Crippen LogP contribution in [0, 0.1) is 0 Å². The Kier molecular flexibility index (Phi) is 7.97. The highest BCUT2D eigenvalue weighted by Crippen LogP contribution is 2.29. The largest absolute Gasteiger partial charge is 0.497 e. The molecule has 0 unspecified atom stereocenters. The van der Waals surface area contributed by atoms with E-state index in [1.165, 1.54) is 16.7 Å². The van der Waals surface area contributed by atoms with Gasteiger partial charge >= 0.3 is 0 Å². The Bertz CT molecular complexity index is 610. The molecule has 0 N–H and O–H groups in total. The Morgan fingerprint density at radius 1 is 1.35 bits per heavy atom. The number of thioether (sulfide) groups is 1. The summed E-state index contributed by atoms with van der Waals surface area (Å²) in [5, 5.41) is 0. The molecule has 0 saturated carbocycles. The molecule has 0 aliphatic heterocycles. The van der Waals surface area contributed by atoms with Gasteiger partial charge in [-0.25, -0.2) is 0 Å². The van der Waals surface area contributed by atoms with Crippen LogP contribution in [0.2, 0.25) is 0 Å². The van der Waals surface area contributed by atoms with Crippen molar-refractivity contribution in [2.45, 2.75) is 0 Å². The van der Waals surface area contributed by atoms with Gasteiger partial charge in [-0.05, 0) is 18.2 Å². The van der Waals surface area contributed by atoms with E-state index in [1.54, 1.807) is 52.1 Å². The molecule has 5 nitrogen and oxygen atoms in total. The molecule has 0 bridgehead atoms. The second-order valence-electron chi connectivity index (χ2n) is 4.69. The van der Waals surface area contributed by atoms with Crippen molar-refractivity contribution in [1.29, 1.82) is 0 Å². The van der Waals surface area contributed by atoms with Crippen LogP contribution >= 0.6 is 11.8 Å². The van der Waals surface area contributed by atoms with Crippen molar-refractivity contribution < 1.29 is 14.3 Å². The Hall–Kier alpha value is -2.21. The molecule has 0 saturated heterocycles. The maximum Gasteiger partial charge on any atom is 0.260 e. The monoisotopic (exact) mass is 334 g/mol. The summed E-state index contributed by atoms with van der Waals surface area (Å²) in [5.41, 5.74) is 2.44. The van der Waals surface area contributed by atoms with Gasteiger partial charge in [0.25, 0.3) is 5.91 Å². The molecular formula is C17H22N2O3S. The van der Waals surface area contributed by atoms with Gasteiger partial charge in [0.2, 0.25) is 0 Å². The first-order chi connectivity index (χ1) is 11.0. The number of benzene rings is 1. The molecule has 0 fully saturated rings. The van der Waals surface area contributed by atoms with E-state index in [0.717, 1.165) is 5.56 Å². The van der Waals surface area contributed by atoms with Crippen LogP contribution in [-0.2, 0) is 4.79 Å². The number of amides is 1. The lowest BCUT2D eigenvalue weighted by Crippen LogP contribution is -2.22. The van der Waals surface area contributed by atoms with Gasteiger partial charge in [0, 0.05) is 25.7 Å². The lowest BCUT2D eigenvalue weighted by atomic mass is 10.1. The minimum Gasteiger partial charge on any atom is -0.497 e. The third-order valence-corrected chi connectivity index (χ3v) is 3.63. The summed E-state index contributed by atoms with van der Waals surface area (Å²) in [7, 11) is 6.60. The fraction of sp³-hybridized carbons (Fsp3) is 0.294. The minimum atomic E-state index is -0.0991. The summed E-state index contributed by atoms with van der Waals surface area (Å²) >= 11 is 1.27. The second-order valence-corrected chi connectivity index (χ2v) is 5.58. The minimum absolute atomic E-state index is 0.0991. The zero-order valence-corrected chi connectivity index (χ0v) is 14.7. The molecule has 0 aliphatic carbocycles. The fourth-order valence-corrected chi connectivity index (χ4v) is 2.41. The van der Waals surface area contributed by atoms with Crippen LogP contribution in [-0.4, -0.2) is 51.2 Å². The number of carbonyl (C=O) groups is 1. The van der Waals surface area contributed by atoms with Gasteiger partial charge in [0.15, 0.2) is 0 Å². The maximum atomic E-state index is 12.3. The standard InChI is InChI=1S/C17H22N2O3S/c1-6-9-18-12-23-16(17(20)19(2)3)10-13-7-8-14(21-4)11-15(13)22-5/h6-8,10-12H,1,9H2,2-5H3/b16-10+,18-12+. The van der Waals surface area contributed by atoms with Crippen LogP contribution in [0.1, 0.15) is 5.56 Å². The van der Waals surface area contributed by atoms with E-state index < -0.39 is 0 Å². The predicted octanol–water partition coefficient (Wildman–Crippen LogP) is 3.08. The summed E-state index contributed by atoms with van der Waals surface area (Å²) in [5.74, 6) is 1.23. The topological polar surface area (TPSA) is 51.1 Å². The van der Waals surface area contributed by atoms with E-state index in [1.807, 2.05) is 12.1 Å². The van der Waals surface area contributed by atoms with Crippen molar-refractivity contribution in [1.82, 2.24) is 4.90 Å². The van der Waals surface area contributed by atoms with Crippen molar-refractivity contribution in [2.75, 3.05) is 34.9 Å². The molecule has 124 valence electrons. The van der Waals surface area contributed by atoms with E-state index in [-0.39, 0.29) is 5.91 Å². The molecule has 0 radical (unpaired) electrons. The van der Waals surface area contributed by atoms with Crippen LogP contribution in [0.4, 0.5) is 0 Å². The highest BCUT2D eigenvalue weighted by molar-refractivity contribution is 8.16. The number of ether oxygens (including phenoxy) is 2. The first-order valence-electron chi connectivity index (χ1n) is 6.94. The number of carbonyl (C=O) groups excluding carboxylic acids is 1. The molecule has 1 rings (SSSR count). The molecule has 1 aromatic rings. The van der Waals surface area contributed by atoms with Crippen molar-refractivity contribution >= 4 is 29.3 Å². The molecular weight excluding hydrogens is 312 g/mol. The number of rotatable bonds is 8. The Balaban J connectivity index is 3.16. The number of hydrogen-bond donors (Lipinski definition) is 0. The SMILES string of the molecule is C=CC/N=C/S/C(=C/c1ccc(OC)cc1OC)C(=O)N(C)C. The van der Waals surface area contributed by atoms with Gasteiger partial charge in [-0.3, -0.25) is 9.79 Å². The quantitative estimate of drug-likeness (QED) is 0.317. The van der Waals surface area contributed by atoms with Crippen molar-refractivity contribution in [3.8, 4) is 11.5 Å². The van der Waals surface area contributed by atoms with E-state index in [9.17, 15) is 4.79 Å². The van der Waals surface area contributed by atoms with E-state index >= 15 is 0 Å². The van der Waals surface area contributed by atoms with Crippen LogP contribution < -0.4 is 9.47 Å². The normalized spacial score (nSPS) is 11.4. The second kappa shape index (κ2) is 9.74. The molecule has 0 atom stereocenters. The average molecular weight is 334 g/mol. The fourth-order valence-electron chi connectivity index (χ4n) is 1.66. The first-order valence-corrected chi connectivity index (χ1v) is 7.82. The zero-order valence-electron chi connectivity index (χ0n) is 13.9.